The Kier molecular flexibility index (Phi) is 3.84. The summed E-state index contributed by atoms with van der Waals surface area (Å²) in [5, 5.41) is 5.50. The van der Waals surface area contributed by atoms with Gasteiger partial charge in [-0.15, -0.1) is 11.3 Å². The minimum absolute atomic E-state index is 0.218. The lowest BCUT2D eigenvalue weighted by molar-refractivity contribution is 0.522. The molecule has 0 aliphatic rings. The first-order valence-electron chi connectivity index (χ1n) is 7.57. The molecular weight excluding hydrogens is 320 g/mol. The van der Waals surface area contributed by atoms with Crippen LogP contribution in [0.25, 0.3) is 10.2 Å². The van der Waals surface area contributed by atoms with E-state index in [4.69, 9.17) is 4.42 Å². The van der Waals surface area contributed by atoms with Crippen molar-refractivity contribution in [1.29, 1.82) is 0 Å². The van der Waals surface area contributed by atoms with Crippen molar-refractivity contribution >= 4 is 33.3 Å². The summed E-state index contributed by atoms with van der Waals surface area (Å²) in [5.41, 5.74) is 2.84. The summed E-state index contributed by atoms with van der Waals surface area (Å²) in [6, 6.07) is 20.1. The second kappa shape index (κ2) is 6.29. The molecular formula is C19H14N2O2S. The van der Waals surface area contributed by atoms with Gasteiger partial charge in [0.15, 0.2) is 0 Å². The summed E-state index contributed by atoms with van der Waals surface area (Å²) in [7, 11) is 0. The van der Waals surface area contributed by atoms with E-state index in [0.717, 1.165) is 17.7 Å². The van der Waals surface area contributed by atoms with Crippen LogP contribution in [0.5, 0.6) is 0 Å². The van der Waals surface area contributed by atoms with Gasteiger partial charge >= 0.3 is 11.6 Å². The summed E-state index contributed by atoms with van der Waals surface area (Å²) < 4.78 is 5.29. The van der Waals surface area contributed by atoms with Crippen molar-refractivity contribution in [3.63, 3.8) is 0 Å². The van der Waals surface area contributed by atoms with Gasteiger partial charge in [-0.05, 0) is 35.1 Å². The third-order valence-electron chi connectivity index (χ3n) is 3.75. The average molecular weight is 334 g/mol. The van der Waals surface area contributed by atoms with E-state index < -0.39 is 0 Å². The van der Waals surface area contributed by atoms with Crippen molar-refractivity contribution in [3.8, 4) is 0 Å². The normalized spacial score (nSPS) is 10.8. The van der Waals surface area contributed by atoms with E-state index in [1.807, 2.05) is 41.8 Å². The lowest BCUT2D eigenvalue weighted by Crippen LogP contribution is -2.05. The molecule has 0 fully saturated rings. The number of benzene rings is 2. The number of nitrogens with one attached hydrogen (secondary N) is 1. The Morgan fingerprint density at radius 1 is 1.00 bits per heavy atom. The lowest BCUT2D eigenvalue weighted by Gasteiger charge is -2.10. The van der Waals surface area contributed by atoms with E-state index in [0.29, 0.717) is 10.2 Å². The molecule has 0 aliphatic heterocycles. The second-order valence-corrected chi connectivity index (χ2v) is 6.28. The van der Waals surface area contributed by atoms with Crippen LogP contribution < -0.4 is 10.9 Å². The number of anilines is 2. The minimum atomic E-state index is -0.371. The molecule has 0 saturated carbocycles. The highest BCUT2D eigenvalue weighted by Crippen LogP contribution is 2.24. The molecule has 4 nitrogen and oxygen atoms in total. The van der Waals surface area contributed by atoms with Crippen LogP contribution in [-0.4, -0.2) is 4.98 Å². The van der Waals surface area contributed by atoms with E-state index in [1.54, 1.807) is 6.07 Å². The van der Waals surface area contributed by atoms with Crippen LogP contribution >= 0.6 is 11.3 Å². The molecule has 5 heteroatoms. The van der Waals surface area contributed by atoms with E-state index in [9.17, 15) is 4.79 Å². The van der Waals surface area contributed by atoms with Crippen LogP contribution in [-0.2, 0) is 6.42 Å². The van der Waals surface area contributed by atoms with Gasteiger partial charge in [-0.3, -0.25) is 0 Å². The highest BCUT2D eigenvalue weighted by atomic mass is 32.1. The first-order chi connectivity index (χ1) is 11.8. The highest BCUT2D eigenvalue weighted by Gasteiger charge is 2.09. The van der Waals surface area contributed by atoms with Gasteiger partial charge < -0.3 is 9.73 Å². The Hall–Kier alpha value is -2.92. The van der Waals surface area contributed by atoms with Gasteiger partial charge in [0.1, 0.15) is 4.83 Å². The summed E-state index contributed by atoms with van der Waals surface area (Å²) in [4.78, 5) is 17.0. The molecule has 0 saturated heterocycles. The molecule has 2 aromatic carbocycles. The largest absolute Gasteiger partial charge is 0.388 e. The number of para-hydroxylation sites is 1. The number of hydrogen-bond acceptors (Lipinski definition) is 5. The standard InChI is InChI=1S/C19H14N2O2S/c22-18-15-10-11-24-17(15)21-19(23-18)20-16-9-5-4-8-14(16)12-13-6-2-1-3-7-13/h1-11H,12H2,(H,20,21). The quantitative estimate of drug-likeness (QED) is 0.593. The van der Waals surface area contributed by atoms with Crippen molar-refractivity contribution < 1.29 is 4.42 Å². The third kappa shape index (κ3) is 2.94. The first-order valence-corrected chi connectivity index (χ1v) is 8.45. The van der Waals surface area contributed by atoms with Crippen LogP contribution in [0.1, 0.15) is 11.1 Å². The second-order valence-electron chi connectivity index (χ2n) is 5.39. The summed E-state index contributed by atoms with van der Waals surface area (Å²) in [6.45, 7) is 0. The Balaban J connectivity index is 1.67. The number of aromatic nitrogens is 1. The van der Waals surface area contributed by atoms with Crippen molar-refractivity contribution in [2.45, 2.75) is 6.42 Å². The van der Waals surface area contributed by atoms with Crippen LogP contribution in [0.15, 0.2) is 75.3 Å². The molecule has 2 aromatic heterocycles. The smallest absolute Gasteiger partial charge is 0.349 e. The van der Waals surface area contributed by atoms with Crippen LogP contribution in [0.2, 0.25) is 0 Å². The van der Waals surface area contributed by atoms with Crippen molar-refractivity contribution in [2.24, 2.45) is 0 Å². The lowest BCUT2D eigenvalue weighted by atomic mass is 10.0. The molecule has 0 spiro atoms. The molecule has 24 heavy (non-hydrogen) atoms. The van der Waals surface area contributed by atoms with E-state index >= 15 is 0 Å². The van der Waals surface area contributed by atoms with Crippen molar-refractivity contribution in [1.82, 2.24) is 4.98 Å². The first kappa shape index (κ1) is 14.7. The molecule has 118 valence electrons. The SMILES string of the molecule is O=c1oc(Nc2ccccc2Cc2ccccc2)nc2sccc12. The van der Waals surface area contributed by atoms with Gasteiger partial charge in [-0.25, -0.2) is 4.79 Å². The number of hydrogen-bond donors (Lipinski definition) is 1. The molecule has 0 unspecified atom stereocenters. The highest BCUT2D eigenvalue weighted by molar-refractivity contribution is 7.16. The fourth-order valence-electron chi connectivity index (χ4n) is 2.58. The Morgan fingerprint density at radius 3 is 2.67 bits per heavy atom. The maximum absolute atomic E-state index is 12.0. The van der Waals surface area contributed by atoms with Crippen molar-refractivity contribution in [2.75, 3.05) is 5.32 Å². The van der Waals surface area contributed by atoms with Gasteiger partial charge in [-0.1, -0.05) is 48.5 Å². The number of thiophene rings is 1. The maximum Gasteiger partial charge on any atom is 0.349 e. The van der Waals surface area contributed by atoms with Crippen LogP contribution in [0.3, 0.4) is 0 Å². The molecule has 0 radical (unpaired) electrons. The fourth-order valence-corrected chi connectivity index (χ4v) is 3.33. The molecule has 2 heterocycles. The molecule has 0 aliphatic carbocycles. The van der Waals surface area contributed by atoms with Crippen LogP contribution in [0, 0.1) is 0 Å². The molecule has 0 bridgehead atoms. The molecule has 1 N–H and O–H groups in total. The zero-order chi connectivity index (χ0) is 16.4. The third-order valence-corrected chi connectivity index (χ3v) is 4.56. The van der Waals surface area contributed by atoms with Crippen LogP contribution in [0.4, 0.5) is 11.7 Å². The predicted molar refractivity (Wildman–Crippen MR) is 97.1 cm³/mol. The monoisotopic (exact) mass is 334 g/mol. The Labute approximate surface area is 142 Å². The van der Waals surface area contributed by atoms with Gasteiger partial charge in [-0.2, -0.15) is 4.98 Å². The molecule has 0 atom stereocenters. The van der Waals surface area contributed by atoms with E-state index in [-0.39, 0.29) is 11.6 Å². The zero-order valence-corrected chi connectivity index (χ0v) is 13.5. The average Bonchev–Trinajstić information content (AvgIpc) is 3.07. The van der Waals surface area contributed by atoms with E-state index in [1.165, 1.54) is 16.9 Å². The van der Waals surface area contributed by atoms with Crippen molar-refractivity contribution in [3.05, 3.63) is 87.6 Å². The number of nitrogens with zero attached hydrogens (tertiary/aromatic N) is 1. The molecule has 0 amide bonds. The van der Waals surface area contributed by atoms with Gasteiger partial charge in [0, 0.05) is 5.69 Å². The minimum Gasteiger partial charge on any atom is -0.388 e. The predicted octanol–water partition coefficient (Wildman–Crippen LogP) is 4.58. The fraction of sp³-hybridized carbons (Fsp3) is 0.0526. The topological polar surface area (TPSA) is 55.1 Å². The van der Waals surface area contributed by atoms with Gasteiger partial charge in [0.05, 0.1) is 5.39 Å². The zero-order valence-electron chi connectivity index (χ0n) is 12.7. The number of fused-ring (bicyclic) bond motifs is 1. The van der Waals surface area contributed by atoms with Gasteiger partial charge in [0.2, 0.25) is 0 Å². The molecule has 4 rings (SSSR count). The summed E-state index contributed by atoms with van der Waals surface area (Å²) in [5.74, 6) is 0. The molecule has 4 aromatic rings. The summed E-state index contributed by atoms with van der Waals surface area (Å²) >= 11 is 1.42. The Bertz CT molecular complexity index is 1040. The van der Waals surface area contributed by atoms with Gasteiger partial charge in [0.25, 0.3) is 0 Å². The van der Waals surface area contributed by atoms with E-state index in [2.05, 4.69) is 28.5 Å². The number of rotatable bonds is 4. The maximum atomic E-state index is 12.0. The summed E-state index contributed by atoms with van der Waals surface area (Å²) in [6.07, 6.45) is 0.787. The Morgan fingerprint density at radius 2 is 1.79 bits per heavy atom.